The fourth-order valence-corrected chi connectivity index (χ4v) is 4.46. The van der Waals surface area contributed by atoms with Gasteiger partial charge in [-0.3, -0.25) is 9.69 Å². The molecule has 0 amide bonds. The van der Waals surface area contributed by atoms with Gasteiger partial charge in [-0.15, -0.1) is 0 Å². The van der Waals surface area contributed by atoms with Crippen LogP contribution in [0.25, 0.3) is 0 Å². The van der Waals surface area contributed by atoms with E-state index in [1.165, 1.54) is 0 Å². The number of hydrogen-bond acceptors (Lipinski definition) is 5. The maximum absolute atomic E-state index is 13.4. The third-order valence-corrected chi connectivity index (χ3v) is 5.77. The van der Waals surface area contributed by atoms with Crippen LogP contribution >= 0.6 is 0 Å². The first kappa shape index (κ1) is 19.5. The average molecular weight is 394 g/mol. The number of Topliss-reactive ketones (excluding diaryl/α,β-unsaturated/α-hetero) is 1. The Kier molecular flexibility index (Phi) is 4.68. The predicted molar refractivity (Wildman–Crippen MR) is 115 cm³/mol. The highest BCUT2D eigenvalue weighted by Gasteiger charge is 2.44. The van der Waals surface area contributed by atoms with Crippen LogP contribution in [0.4, 0.5) is 5.69 Å². The molecular formula is C25H22N4O. The maximum Gasteiger partial charge on any atom is 0.162 e. The molecule has 2 N–H and O–H groups in total. The molecule has 1 heterocycles. The molecule has 0 fully saturated rings. The summed E-state index contributed by atoms with van der Waals surface area (Å²) in [7, 11) is 0. The third kappa shape index (κ3) is 3.15. The number of carbonyl (C=O) groups excluding carboxylic acids is 1. The Hall–Kier alpha value is -3.83. The highest BCUT2D eigenvalue weighted by Crippen LogP contribution is 2.50. The van der Waals surface area contributed by atoms with E-state index in [-0.39, 0.29) is 11.2 Å². The van der Waals surface area contributed by atoms with Crippen LogP contribution in [0.5, 0.6) is 0 Å². The van der Waals surface area contributed by atoms with Crippen LogP contribution < -0.4 is 10.6 Å². The lowest BCUT2D eigenvalue weighted by Crippen LogP contribution is -2.42. The number of benzene rings is 2. The van der Waals surface area contributed by atoms with E-state index < -0.39 is 5.92 Å². The first-order valence-corrected chi connectivity index (χ1v) is 9.87. The van der Waals surface area contributed by atoms with Crippen molar-refractivity contribution in [1.82, 2.24) is 0 Å². The van der Waals surface area contributed by atoms with Crippen LogP contribution in [-0.4, -0.2) is 5.78 Å². The lowest BCUT2D eigenvalue weighted by molar-refractivity contribution is -0.118. The Morgan fingerprint density at radius 2 is 1.67 bits per heavy atom. The molecule has 1 unspecified atom stereocenters. The van der Waals surface area contributed by atoms with Crippen LogP contribution in [0.3, 0.4) is 0 Å². The van der Waals surface area contributed by atoms with Crippen LogP contribution in [0.15, 0.2) is 77.3 Å². The molecule has 5 heteroatoms. The lowest BCUT2D eigenvalue weighted by atomic mass is 9.68. The molecule has 0 bridgehead atoms. The number of hydrogen-bond donors (Lipinski definition) is 1. The Balaban J connectivity index is 1.98. The first-order chi connectivity index (χ1) is 14.4. The summed E-state index contributed by atoms with van der Waals surface area (Å²) in [5, 5.41) is 19.2. The van der Waals surface area contributed by atoms with Gasteiger partial charge in [0.1, 0.15) is 5.82 Å². The van der Waals surface area contributed by atoms with E-state index in [9.17, 15) is 10.1 Å². The van der Waals surface area contributed by atoms with E-state index in [1.54, 1.807) is 12.1 Å². The Labute approximate surface area is 176 Å². The first-order valence-electron chi connectivity index (χ1n) is 9.87. The molecule has 1 aliphatic heterocycles. The van der Waals surface area contributed by atoms with E-state index in [1.807, 2.05) is 47.4 Å². The zero-order valence-electron chi connectivity index (χ0n) is 17.0. The van der Waals surface area contributed by atoms with E-state index in [0.717, 1.165) is 16.9 Å². The molecule has 148 valence electrons. The smallest absolute Gasteiger partial charge is 0.162 e. The summed E-state index contributed by atoms with van der Waals surface area (Å²) in [6, 6.07) is 21.0. The molecule has 0 aromatic heterocycles. The standard InChI is InChI=1S/C25H22N4O/c1-25(2)12-20-23(21(30)13-25)22(17-10-8-16(14-26)9-11-17)19(15-27)24(28)29(20)18-6-4-3-5-7-18/h3-11,22H,12-13,28H2,1-2H3. The fourth-order valence-electron chi connectivity index (χ4n) is 4.46. The number of nitriles is 2. The van der Waals surface area contributed by atoms with E-state index in [0.29, 0.717) is 35.4 Å². The van der Waals surface area contributed by atoms with Crippen molar-refractivity contribution in [2.45, 2.75) is 32.6 Å². The summed E-state index contributed by atoms with van der Waals surface area (Å²) in [4.78, 5) is 15.3. The topological polar surface area (TPSA) is 93.9 Å². The van der Waals surface area contributed by atoms with Crippen LogP contribution in [0, 0.1) is 28.1 Å². The normalized spacial score (nSPS) is 20.5. The zero-order valence-corrected chi connectivity index (χ0v) is 17.0. The number of anilines is 1. The summed E-state index contributed by atoms with van der Waals surface area (Å²) < 4.78 is 0. The molecule has 30 heavy (non-hydrogen) atoms. The van der Waals surface area contributed by atoms with Crippen LogP contribution in [-0.2, 0) is 4.79 Å². The van der Waals surface area contributed by atoms with Crippen LogP contribution in [0.2, 0.25) is 0 Å². The quantitative estimate of drug-likeness (QED) is 0.809. The van der Waals surface area contributed by atoms with Crippen molar-refractivity contribution < 1.29 is 4.79 Å². The maximum atomic E-state index is 13.4. The molecule has 4 rings (SSSR count). The van der Waals surface area contributed by atoms with Gasteiger partial charge in [-0.25, -0.2) is 0 Å². The van der Waals surface area contributed by atoms with Gasteiger partial charge in [-0.05, 0) is 41.7 Å². The van der Waals surface area contributed by atoms with Crippen molar-refractivity contribution in [3.8, 4) is 12.1 Å². The highest BCUT2D eigenvalue weighted by molar-refractivity contribution is 6.01. The second-order valence-corrected chi connectivity index (χ2v) is 8.55. The van der Waals surface area contributed by atoms with Crippen molar-refractivity contribution in [3.05, 3.63) is 88.4 Å². The number of nitrogens with two attached hydrogens (primary N) is 1. The number of para-hydroxylation sites is 1. The Bertz CT molecular complexity index is 1160. The van der Waals surface area contributed by atoms with Gasteiger partial charge < -0.3 is 5.73 Å². The van der Waals surface area contributed by atoms with E-state index in [2.05, 4.69) is 26.0 Å². The molecule has 2 aromatic carbocycles. The van der Waals surface area contributed by atoms with E-state index >= 15 is 0 Å². The fraction of sp³-hybridized carbons (Fsp3) is 0.240. The molecule has 0 saturated heterocycles. The van der Waals surface area contributed by atoms with Crippen molar-refractivity contribution in [2.24, 2.45) is 11.1 Å². The summed E-state index contributed by atoms with van der Waals surface area (Å²) in [6.45, 7) is 4.16. The van der Waals surface area contributed by atoms with Crippen molar-refractivity contribution in [2.75, 3.05) is 4.90 Å². The molecule has 2 aromatic rings. The summed E-state index contributed by atoms with van der Waals surface area (Å²) in [5.74, 6) is -0.139. The highest BCUT2D eigenvalue weighted by atomic mass is 16.1. The molecule has 5 nitrogen and oxygen atoms in total. The van der Waals surface area contributed by atoms with Gasteiger partial charge in [0.2, 0.25) is 0 Å². The van der Waals surface area contributed by atoms with Gasteiger partial charge in [0, 0.05) is 23.4 Å². The molecule has 1 atom stereocenters. The minimum Gasteiger partial charge on any atom is -0.384 e. The third-order valence-electron chi connectivity index (χ3n) is 5.77. The molecule has 1 aliphatic carbocycles. The van der Waals surface area contributed by atoms with Gasteiger partial charge >= 0.3 is 0 Å². The molecule has 0 saturated carbocycles. The van der Waals surface area contributed by atoms with Crippen molar-refractivity contribution in [1.29, 1.82) is 10.5 Å². The SMILES string of the molecule is CC1(C)CC(=O)C2=C(C1)N(c1ccccc1)C(N)=C(C#N)C2c1ccc(C#N)cc1. The number of rotatable bonds is 2. The Morgan fingerprint density at radius 3 is 2.27 bits per heavy atom. The lowest BCUT2D eigenvalue weighted by Gasteiger charge is -2.43. The molecule has 0 radical (unpaired) electrons. The van der Waals surface area contributed by atoms with Gasteiger partial charge in [-0.2, -0.15) is 10.5 Å². The van der Waals surface area contributed by atoms with Gasteiger partial charge in [-0.1, -0.05) is 44.2 Å². The molecular weight excluding hydrogens is 372 g/mol. The predicted octanol–water partition coefficient (Wildman–Crippen LogP) is 4.50. The largest absolute Gasteiger partial charge is 0.384 e. The molecule has 0 spiro atoms. The van der Waals surface area contributed by atoms with Crippen molar-refractivity contribution in [3.63, 3.8) is 0 Å². The van der Waals surface area contributed by atoms with Gasteiger partial charge in [0.15, 0.2) is 5.78 Å². The minimum atomic E-state index is -0.527. The summed E-state index contributed by atoms with van der Waals surface area (Å²) in [5.41, 5.74) is 10.4. The summed E-state index contributed by atoms with van der Waals surface area (Å²) in [6.07, 6.45) is 1.09. The average Bonchev–Trinajstić information content (AvgIpc) is 2.73. The Morgan fingerprint density at radius 1 is 1.00 bits per heavy atom. The minimum absolute atomic E-state index is 0.0387. The zero-order chi connectivity index (χ0) is 21.5. The number of allylic oxidation sites excluding steroid dienone is 3. The second-order valence-electron chi connectivity index (χ2n) is 8.55. The number of nitrogens with zero attached hydrogens (tertiary/aromatic N) is 3. The van der Waals surface area contributed by atoms with E-state index in [4.69, 9.17) is 11.0 Å². The number of carbonyl (C=O) groups is 1. The van der Waals surface area contributed by atoms with Crippen molar-refractivity contribution >= 4 is 11.5 Å². The molecule has 2 aliphatic rings. The summed E-state index contributed by atoms with van der Waals surface area (Å²) >= 11 is 0. The number of ketones is 1. The second kappa shape index (κ2) is 7.21. The van der Waals surface area contributed by atoms with Gasteiger partial charge in [0.05, 0.1) is 29.2 Å². The monoisotopic (exact) mass is 394 g/mol. The van der Waals surface area contributed by atoms with Crippen LogP contribution in [0.1, 0.15) is 43.7 Å². The van der Waals surface area contributed by atoms with Gasteiger partial charge in [0.25, 0.3) is 0 Å².